The predicted molar refractivity (Wildman–Crippen MR) is 105 cm³/mol. The van der Waals surface area contributed by atoms with Crippen molar-refractivity contribution in [2.75, 3.05) is 18.4 Å². The zero-order valence-electron chi connectivity index (χ0n) is 15.2. The molecule has 0 fully saturated rings. The molecule has 0 saturated carbocycles. The molecule has 2 heterocycles. The number of hydrogen-bond donors (Lipinski definition) is 2. The second-order valence-electron chi connectivity index (χ2n) is 6.52. The van der Waals surface area contributed by atoms with Crippen LogP contribution in [0, 0.1) is 0 Å². The predicted octanol–water partition coefficient (Wildman–Crippen LogP) is 4.62. The normalized spacial score (nSPS) is 13.9. The average Bonchev–Trinajstić information content (AvgIpc) is 2.68. The van der Waals surface area contributed by atoms with Crippen molar-refractivity contribution < 1.29 is 23.5 Å². The monoisotopic (exact) mass is 421 g/mol. The number of alkyl halides is 2. The molecule has 0 atom stereocenters. The van der Waals surface area contributed by atoms with Gasteiger partial charge in [-0.1, -0.05) is 29.8 Å². The fourth-order valence-electron chi connectivity index (χ4n) is 2.97. The quantitative estimate of drug-likeness (QED) is 0.737. The lowest BCUT2D eigenvalue weighted by molar-refractivity contribution is -0.136. The number of nitrogens with one attached hydrogen (secondary N) is 1. The minimum absolute atomic E-state index is 0.104. The Hall–Kier alpha value is -3.00. The molecule has 0 bridgehead atoms. The zero-order chi connectivity index (χ0) is 21.0. The summed E-state index contributed by atoms with van der Waals surface area (Å²) >= 11 is 6.24. The molecule has 3 rings (SSSR count). The molecule has 1 aliphatic heterocycles. The number of benzene rings is 1. The maximum Gasteiger partial charge on any atom is 0.322 e. The van der Waals surface area contributed by atoms with E-state index in [-0.39, 0.29) is 18.0 Å². The molecule has 152 valence electrons. The van der Waals surface area contributed by atoms with Gasteiger partial charge in [-0.15, -0.1) is 0 Å². The number of urea groups is 1. The standard InChI is InChI=1S/C20H18ClF2N3O3/c21-16-9-12(10-17(27)28)11-24-18(16)13-5-7-26(8-6-13)20(29)25-15-3-1-14(2-4-15)19(22)23/h1-5,9,11,19H,6-8,10H2,(H,25,29)(H,27,28). The third-order valence-corrected chi connectivity index (χ3v) is 4.76. The van der Waals surface area contributed by atoms with Crippen molar-refractivity contribution in [3.63, 3.8) is 0 Å². The van der Waals surface area contributed by atoms with Crippen molar-refractivity contribution in [3.05, 3.63) is 64.4 Å². The summed E-state index contributed by atoms with van der Waals surface area (Å²) in [4.78, 5) is 29.0. The van der Waals surface area contributed by atoms with E-state index in [9.17, 15) is 18.4 Å². The van der Waals surface area contributed by atoms with Gasteiger partial charge in [0.25, 0.3) is 6.43 Å². The van der Waals surface area contributed by atoms with Gasteiger partial charge in [0.2, 0.25) is 0 Å². The maximum absolute atomic E-state index is 12.6. The summed E-state index contributed by atoms with van der Waals surface area (Å²) in [5.41, 5.74) is 2.30. The van der Waals surface area contributed by atoms with Gasteiger partial charge < -0.3 is 15.3 Å². The minimum Gasteiger partial charge on any atom is -0.481 e. The van der Waals surface area contributed by atoms with Crippen LogP contribution in [-0.4, -0.2) is 40.1 Å². The summed E-state index contributed by atoms with van der Waals surface area (Å²) in [7, 11) is 0. The van der Waals surface area contributed by atoms with Crippen molar-refractivity contribution in [2.45, 2.75) is 19.3 Å². The molecule has 0 spiro atoms. The number of aliphatic carboxylic acids is 1. The number of hydrogen-bond acceptors (Lipinski definition) is 3. The smallest absolute Gasteiger partial charge is 0.322 e. The molecule has 2 amide bonds. The van der Waals surface area contributed by atoms with Crippen LogP contribution in [0.3, 0.4) is 0 Å². The van der Waals surface area contributed by atoms with Crippen LogP contribution in [-0.2, 0) is 11.2 Å². The van der Waals surface area contributed by atoms with Crippen molar-refractivity contribution in [3.8, 4) is 0 Å². The average molecular weight is 422 g/mol. The Kier molecular flexibility index (Phi) is 6.43. The highest BCUT2D eigenvalue weighted by molar-refractivity contribution is 6.32. The third kappa shape index (κ3) is 5.29. The summed E-state index contributed by atoms with van der Waals surface area (Å²) in [6.07, 6.45) is 1.15. The van der Waals surface area contributed by atoms with Crippen molar-refractivity contribution >= 4 is 34.9 Å². The summed E-state index contributed by atoms with van der Waals surface area (Å²) in [5.74, 6) is -0.960. The van der Waals surface area contributed by atoms with E-state index in [1.165, 1.54) is 30.5 Å². The van der Waals surface area contributed by atoms with Crippen LogP contribution in [0.5, 0.6) is 0 Å². The fourth-order valence-corrected chi connectivity index (χ4v) is 3.28. The molecule has 1 aliphatic rings. The molecule has 2 N–H and O–H groups in total. The molecule has 0 saturated heterocycles. The number of carboxylic acids is 1. The first-order valence-corrected chi connectivity index (χ1v) is 9.21. The van der Waals surface area contributed by atoms with E-state index in [1.54, 1.807) is 11.0 Å². The van der Waals surface area contributed by atoms with E-state index >= 15 is 0 Å². The van der Waals surface area contributed by atoms with E-state index in [0.29, 0.717) is 41.5 Å². The largest absolute Gasteiger partial charge is 0.481 e. The Bertz CT molecular complexity index is 948. The van der Waals surface area contributed by atoms with Gasteiger partial charge in [-0.3, -0.25) is 9.78 Å². The van der Waals surface area contributed by atoms with E-state index in [1.807, 2.05) is 6.08 Å². The van der Waals surface area contributed by atoms with Crippen LogP contribution in [0.25, 0.3) is 5.57 Å². The highest BCUT2D eigenvalue weighted by Gasteiger charge is 2.20. The number of nitrogens with zero attached hydrogens (tertiary/aromatic N) is 2. The lowest BCUT2D eigenvalue weighted by Crippen LogP contribution is -2.37. The summed E-state index contributed by atoms with van der Waals surface area (Å²) in [5, 5.41) is 11.9. The highest BCUT2D eigenvalue weighted by Crippen LogP contribution is 2.28. The Morgan fingerprint density at radius 2 is 2.00 bits per heavy atom. The maximum atomic E-state index is 12.6. The SMILES string of the molecule is O=C(O)Cc1cnc(C2=CCN(C(=O)Nc3ccc(C(F)F)cc3)CC2)c(Cl)c1. The summed E-state index contributed by atoms with van der Waals surface area (Å²) < 4.78 is 25.2. The van der Waals surface area contributed by atoms with Gasteiger partial charge in [0, 0.05) is 30.5 Å². The van der Waals surface area contributed by atoms with Gasteiger partial charge in [-0.05, 0) is 35.8 Å². The first-order valence-electron chi connectivity index (χ1n) is 8.83. The number of carboxylic acid groups (broad SMARTS) is 1. The first kappa shape index (κ1) is 20.7. The second kappa shape index (κ2) is 9.00. The zero-order valence-corrected chi connectivity index (χ0v) is 16.0. The van der Waals surface area contributed by atoms with Gasteiger partial charge in [0.1, 0.15) is 0 Å². The second-order valence-corrected chi connectivity index (χ2v) is 6.93. The van der Waals surface area contributed by atoms with E-state index in [0.717, 1.165) is 5.57 Å². The molecule has 0 radical (unpaired) electrons. The molecule has 6 nitrogen and oxygen atoms in total. The van der Waals surface area contributed by atoms with E-state index in [4.69, 9.17) is 16.7 Å². The molecule has 1 aromatic carbocycles. The number of aromatic nitrogens is 1. The number of carbonyl (C=O) groups excluding carboxylic acids is 1. The van der Waals surface area contributed by atoms with Gasteiger partial charge in [-0.25, -0.2) is 13.6 Å². The molecular formula is C20H18ClF2N3O3. The molecule has 1 aromatic heterocycles. The number of rotatable bonds is 5. The van der Waals surface area contributed by atoms with Crippen molar-refractivity contribution in [2.24, 2.45) is 0 Å². The summed E-state index contributed by atoms with van der Waals surface area (Å²) in [6.45, 7) is 0.771. The Balaban J connectivity index is 1.62. The first-order chi connectivity index (χ1) is 13.8. The van der Waals surface area contributed by atoms with Crippen LogP contribution in [0.4, 0.5) is 19.3 Å². The Morgan fingerprint density at radius 1 is 1.28 bits per heavy atom. The minimum atomic E-state index is -2.55. The third-order valence-electron chi connectivity index (χ3n) is 4.47. The van der Waals surface area contributed by atoms with Gasteiger partial charge in [0.15, 0.2) is 0 Å². The topological polar surface area (TPSA) is 82.5 Å². The van der Waals surface area contributed by atoms with Gasteiger partial charge in [-0.2, -0.15) is 0 Å². The highest BCUT2D eigenvalue weighted by atomic mass is 35.5. The molecule has 0 aliphatic carbocycles. The molecule has 29 heavy (non-hydrogen) atoms. The van der Waals surface area contributed by atoms with Gasteiger partial charge >= 0.3 is 12.0 Å². The van der Waals surface area contributed by atoms with Crippen LogP contribution >= 0.6 is 11.6 Å². The van der Waals surface area contributed by atoms with Crippen molar-refractivity contribution in [1.29, 1.82) is 0 Å². The molecule has 0 unspecified atom stereocenters. The van der Waals surface area contributed by atoms with E-state index in [2.05, 4.69) is 10.3 Å². The van der Waals surface area contributed by atoms with E-state index < -0.39 is 12.4 Å². The van der Waals surface area contributed by atoms with Crippen molar-refractivity contribution in [1.82, 2.24) is 9.88 Å². The van der Waals surface area contributed by atoms with Crippen LogP contribution in [0.15, 0.2) is 42.6 Å². The number of amides is 2. The lowest BCUT2D eigenvalue weighted by Gasteiger charge is -2.27. The Morgan fingerprint density at radius 3 is 2.55 bits per heavy atom. The number of carbonyl (C=O) groups is 2. The van der Waals surface area contributed by atoms with Gasteiger partial charge in [0.05, 0.1) is 17.1 Å². The number of pyridine rings is 1. The fraction of sp³-hybridized carbons (Fsp3) is 0.250. The van der Waals surface area contributed by atoms with Crippen LogP contribution in [0.2, 0.25) is 5.02 Å². The number of halogens is 3. The van der Waals surface area contributed by atoms with Crippen LogP contribution in [0.1, 0.15) is 29.7 Å². The number of anilines is 1. The molecule has 2 aromatic rings. The molecular weight excluding hydrogens is 404 g/mol. The summed E-state index contributed by atoms with van der Waals surface area (Å²) in [6, 6.07) is 6.67. The lowest BCUT2D eigenvalue weighted by atomic mass is 10.0. The Labute approximate surface area is 170 Å². The van der Waals surface area contributed by atoms with Crippen LogP contribution < -0.4 is 5.32 Å². The molecule has 9 heteroatoms.